The van der Waals surface area contributed by atoms with E-state index in [-0.39, 0.29) is 0 Å². The van der Waals surface area contributed by atoms with Gasteiger partial charge in [0.15, 0.2) is 5.75 Å². The van der Waals surface area contributed by atoms with Crippen molar-refractivity contribution < 1.29 is 4.74 Å². The maximum absolute atomic E-state index is 6.11. The van der Waals surface area contributed by atoms with Gasteiger partial charge < -0.3 is 4.74 Å². The minimum atomic E-state index is 0.410. The molecule has 0 radical (unpaired) electrons. The van der Waals surface area contributed by atoms with Gasteiger partial charge in [-0.1, -0.05) is 29.8 Å². The normalized spacial score (nSPS) is 10.5. The molecule has 2 aromatic rings. The minimum absolute atomic E-state index is 0.410. The second-order valence-corrected chi connectivity index (χ2v) is 4.63. The monoisotopic (exact) mass is 267 g/mol. The van der Waals surface area contributed by atoms with Crippen molar-refractivity contribution in [2.75, 3.05) is 6.61 Å². The molecule has 0 unspecified atom stereocenters. The highest BCUT2D eigenvalue weighted by Crippen LogP contribution is 2.36. The van der Waals surface area contributed by atoms with Crippen LogP contribution in [0.3, 0.4) is 0 Å². The summed E-state index contributed by atoms with van der Waals surface area (Å²) in [6.45, 7) is 6.08. The van der Waals surface area contributed by atoms with Crippen LogP contribution >= 0.6 is 23.2 Å². The fourth-order valence-corrected chi connectivity index (χ4v) is 2.05. The molecule has 0 fully saturated rings. The number of hydrogen-bond acceptors (Lipinski definition) is 2. The van der Waals surface area contributed by atoms with E-state index < -0.39 is 0 Å². The Morgan fingerprint density at radius 3 is 2.88 bits per heavy atom. The number of benzene rings is 1. The fraction of sp³-hybridized carbons (Fsp3) is 0.154. The van der Waals surface area contributed by atoms with Crippen molar-refractivity contribution in [1.82, 2.24) is 4.98 Å². The summed E-state index contributed by atoms with van der Waals surface area (Å²) < 4.78 is 5.61. The second kappa shape index (κ2) is 4.94. The summed E-state index contributed by atoms with van der Waals surface area (Å²) in [5, 5.41) is 1.86. The number of halogens is 2. The lowest BCUT2D eigenvalue weighted by Gasteiger charge is -2.11. The Morgan fingerprint density at radius 2 is 2.18 bits per heavy atom. The van der Waals surface area contributed by atoms with Gasteiger partial charge in [-0.05, 0) is 30.7 Å². The molecule has 0 spiro atoms. The molecule has 0 aliphatic rings. The Bertz CT molecular complexity index is 581. The molecule has 17 heavy (non-hydrogen) atoms. The van der Waals surface area contributed by atoms with E-state index in [0.717, 1.165) is 11.0 Å². The maximum atomic E-state index is 6.11. The zero-order valence-corrected chi connectivity index (χ0v) is 10.8. The van der Waals surface area contributed by atoms with Gasteiger partial charge in [0.25, 0.3) is 0 Å². The van der Waals surface area contributed by atoms with E-state index in [2.05, 4.69) is 11.6 Å². The molecule has 88 valence electrons. The number of rotatable bonds is 3. The molecule has 1 aromatic carbocycles. The van der Waals surface area contributed by atoms with E-state index in [1.807, 2.05) is 19.1 Å². The van der Waals surface area contributed by atoms with Gasteiger partial charge in [0.2, 0.25) is 0 Å². The molecule has 0 bridgehead atoms. The number of pyridine rings is 1. The van der Waals surface area contributed by atoms with Crippen LogP contribution in [0.1, 0.15) is 6.92 Å². The number of nitrogens with zero attached hydrogens (tertiary/aromatic N) is 1. The first-order valence-electron chi connectivity index (χ1n) is 5.09. The van der Waals surface area contributed by atoms with Gasteiger partial charge in [-0.15, -0.1) is 0 Å². The molecular weight excluding hydrogens is 257 g/mol. The van der Waals surface area contributed by atoms with Crippen LogP contribution in [0.4, 0.5) is 0 Å². The quantitative estimate of drug-likeness (QED) is 0.765. The first kappa shape index (κ1) is 12.2. The number of fused-ring (bicyclic) bond motifs is 1. The van der Waals surface area contributed by atoms with Crippen molar-refractivity contribution in [2.45, 2.75) is 6.92 Å². The Hall–Kier alpha value is -1.25. The highest BCUT2D eigenvalue weighted by molar-refractivity contribution is 6.39. The van der Waals surface area contributed by atoms with Crippen molar-refractivity contribution in [3.8, 4) is 5.75 Å². The molecule has 0 aliphatic heterocycles. The zero-order valence-electron chi connectivity index (χ0n) is 9.34. The van der Waals surface area contributed by atoms with Gasteiger partial charge in [-0.2, -0.15) is 0 Å². The summed E-state index contributed by atoms with van der Waals surface area (Å²) in [5.41, 5.74) is 1.59. The van der Waals surface area contributed by atoms with Crippen LogP contribution in [-0.2, 0) is 0 Å². The van der Waals surface area contributed by atoms with Gasteiger partial charge in [0.05, 0.1) is 10.0 Å². The van der Waals surface area contributed by atoms with Gasteiger partial charge in [-0.3, -0.25) is 4.98 Å². The summed E-state index contributed by atoms with van der Waals surface area (Å²) >= 11 is 12.2. The first-order valence-corrected chi connectivity index (χ1v) is 5.85. The maximum Gasteiger partial charge on any atom is 0.164 e. The second-order valence-electron chi connectivity index (χ2n) is 3.81. The Morgan fingerprint density at radius 1 is 1.41 bits per heavy atom. The predicted molar refractivity (Wildman–Crippen MR) is 72.1 cm³/mol. The van der Waals surface area contributed by atoms with Crippen LogP contribution in [0.25, 0.3) is 10.9 Å². The van der Waals surface area contributed by atoms with Crippen molar-refractivity contribution in [3.05, 3.63) is 46.6 Å². The lowest BCUT2D eigenvalue weighted by atomic mass is 10.2. The first-order chi connectivity index (χ1) is 8.09. The molecule has 0 aliphatic carbocycles. The van der Waals surface area contributed by atoms with E-state index >= 15 is 0 Å². The van der Waals surface area contributed by atoms with Gasteiger partial charge in [0.1, 0.15) is 12.1 Å². The van der Waals surface area contributed by atoms with Crippen LogP contribution in [-0.4, -0.2) is 11.6 Å². The molecule has 2 nitrogen and oxygen atoms in total. The third-order valence-corrected chi connectivity index (χ3v) is 2.81. The predicted octanol–water partition coefficient (Wildman–Crippen LogP) is 4.50. The summed E-state index contributed by atoms with van der Waals surface area (Å²) in [5.74, 6) is 0.551. The average Bonchev–Trinajstić information content (AvgIpc) is 2.28. The Labute approximate surface area is 110 Å². The molecule has 0 saturated carbocycles. The molecule has 0 atom stereocenters. The third kappa shape index (κ3) is 2.54. The summed E-state index contributed by atoms with van der Waals surface area (Å²) in [6.07, 6.45) is 1.68. The zero-order chi connectivity index (χ0) is 12.4. The fourth-order valence-electron chi connectivity index (χ4n) is 1.48. The SMILES string of the molecule is C=C(C)COc1c(Cl)cc(Cl)c2cccnc12. The van der Waals surface area contributed by atoms with Crippen molar-refractivity contribution in [3.63, 3.8) is 0 Å². The molecular formula is C13H11Cl2NO. The third-order valence-electron chi connectivity index (χ3n) is 2.21. The minimum Gasteiger partial charge on any atom is -0.485 e. The van der Waals surface area contributed by atoms with E-state index in [1.54, 1.807) is 12.3 Å². The molecule has 4 heteroatoms. The number of hydrogen-bond donors (Lipinski definition) is 0. The Balaban J connectivity index is 2.57. The summed E-state index contributed by atoms with van der Waals surface area (Å²) in [7, 11) is 0. The topological polar surface area (TPSA) is 22.1 Å². The standard InChI is InChI=1S/C13H11Cl2NO/c1-8(2)7-17-13-11(15)6-10(14)9-4-3-5-16-12(9)13/h3-6H,1,7H2,2H3. The number of aromatic nitrogens is 1. The molecule has 2 rings (SSSR count). The highest BCUT2D eigenvalue weighted by Gasteiger charge is 2.12. The van der Waals surface area contributed by atoms with Crippen molar-refractivity contribution >= 4 is 34.1 Å². The Kier molecular flexibility index (Phi) is 3.55. The van der Waals surface area contributed by atoms with E-state index in [0.29, 0.717) is 27.9 Å². The van der Waals surface area contributed by atoms with Gasteiger partial charge in [0, 0.05) is 11.6 Å². The van der Waals surface area contributed by atoms with E-state index in [9.17, 15) is 0 Å². The number of ether oxygens (including phenoxy) is 1. The molecule has 0 N–H and O–H groups in total. The lowest BCUT2D eigenvalue weighted by Crippen LogP contribution is -1.99. The molecule has 1 heterocycles. The molecule has 1 aromatic heterocycles. The van der Waals surface area contributed by atoms with E-state index in [4.69, 9.17) is 27.9 Å². The summed E-state index contributed by atoms with van der Waals surface area (Å²) in [6, 6.07) is 5.38. The van der Waals surface area contributed by atoms with Crippen LogP contribution in [0.15, 0.2) is 36.5 Å². The molecule has 0 saturated heterocycles. The van der Waals surface area contributed by atoms with Crippen LogP contribution < -0.4 is 4.74 Å². The molecule has 0 amide bonds. The van der Waals surface area contributed by atoms with Crippen LogP contribution in [0.2, 0.25) is 10.0 Å². The lowest BCUT2D eigenvalue weighted by molar-refractivity contribution is 0.356. The van der Waals surface area contributed by atoms with Gasteiger partial charge in [-0.25, -0.2) is 0 Å². The average molecular weight is 268 g/mol. The van der Waals surface area contributed by atoms with Crippen molar-refractivity contribution in [2.24, 2.45) is 0 Å². The smallest absolute Gasteiger partial charge is 0.164 e. The van der Waals surface area contributed by atoms with Crippen LogP contribution in [0.5, 0.6) is 5.75 Å². The van der Waals surface area contributed by atoms with E-state index in [1.165, 1.54) is 0 Å². The van der Waals surface area contributed by atoms with Crippen LogP contribution in [0, 0.1) is 0 Å². The van der Waals surface area contributed by atoms with Gasteiger partial charge >= 0.3 is 0 Å². The largest absolute Gasteiger partial charge is 0.485 e. The van der Waals surface area contributed by atoms with Crippen molar-refractivity contribution in [1.29, 1.82) is 0 Å². The highest BCUT2D eigenvalue weighted by atomic mass is 35.5. The summed E-state index contributed by atoms with van der Waals surface area (Å²) in [4.78, 5) is 4.26.